The average molecular weight is 652 g/mol. The Kier molecular flexibility index (Phi) is 8.75. The summed E-state index contributed by atoms with van der Waals surface area (Å²) in [5.74, 6) is 1.54. The van der Waals surface area contributed by atoms with Gasteiger partial charge in [0.25, 0.3) is 0 Å². The van der Waals surface area contributed by atoms with Gasteiger partial charge in [-0.1, -0.05) is 112 Å². The Hall–Kier alpha value is -5.15. The van der Waals surface area contributed by atoms with Crippen molar-refractivity contribution in [2.24, 2.45) is 16.8 Å². The van der Waals surface area contributed by atoms with E-state index in [-0.39, 0.29) is 0 Å². The zero-order valence-electron chi connectivity index (χ0n) is 29.5. The van der Waals surface area contributed by atoms with Crippen LogP contribution in [0.25, 0.3) is 65.5 Å². The number of rotatable bonds is 10. The summed E-state index contributed by atoms with van der Waals surface area (Å²) < 4.78 is 0. The van der Waals surface area contributed by atoms with Crippen LogP contribution in [0.4, 0.5) is 0 Å². The van der Waals surface area contributed by atoms with Crippen molar-refractivity contribution in [3.8, 4) is 11.3 Å². The van der Waals surface area contributed by atoms with Crippen molar-refractivity contribution in [2.75, 3.05) is 0 Å². The molecule has 0 saturated carbocycles. The predicted octanol–water partition coefficient (Wildman–Crippen LogP) is 12.9. The molecule has 0 aliphatic carbocycles. The molecule has 0 bridgehead atoms. The molecule has 1 aliphatic heterocycles. The molecule has 5 aromatic carbocycles. The summed E-state index contributed by atoms with van der Waals surface area (Å²) in [6, 6.07) is 35.8. The van der Waals surface area contributed by atoms with Crippen LogP contribution < -0.4 is 0 Å². The minimum atomic E-state index is 0.453. The van der Waals surface area contributed by atoms with Gasteiger partial charge in [-0.2, -0.15) is 0 Å². The number of fused-ring (bicyclic) bond motifs is 7. The van der Waals surface area contributed by atoms with Crippen LogP contribution >= 0.6 is 0 Å². The maximum Gasteiger partial charge on any atom is 0.0975 e. The van der Waals surface area contributed by atoms with Crippen molar-refractivity contribution in [3.05, 3.63) is 133 Å². The van der Waals surface area contributed by atoms with Gasteiger partial charge in [-0.3, -0.25) is 4.99 Å². The van der Waals surface area contributed by atoms with Crippen molar-refractivity contribution in [3.63, 3.8) is 0 Å². The van der Waals surface area contributed by atoms with Gasteiger partial charge < -0.3 is 0 Å². The molecular formula is C47H45N3. The Morgan fingerprint density at radius 2 is 1.60 bits per heavy atom. The van der Waals surface area contributed by atoms with E-state index in [0.29, 0.717) is 17.8 Å². The van der Waals surface area contributed by atoms with E-state index in [2.05, 4.69) is 143 Å². The average Bonchev–Trinajstić information content (AvgIpc) is 3.15. The summed E-state index contributed by atoms with van der Waals surface area (Å²) in [5, 5.41) is 8.62. The van der Waals surface area contributed by atoms with Gasteiger partial charge in [0.05, 0.1) is 22.2 Å². The second-order valence-electron chi connectivity index (χ2n) is 14.4. The second kappa shape index (κ2) is 13.6. The molecule has 8 rings (SSSR count). The first kappa shape index (κ1) is 32.1. The molecule has 1 unspecified atom stereocenters. The molecule has 2 aromatic heterocycles. The van der Waals surface area contributed by atoms with Crippen LogP contribution in [-0.2, 0) is 6.42 Å². The fraction of sp³-hybridized carbons (Fsp3) is 0.255. The third-order valence-corrected chi connectivity index (χ3v) is 10.9. The first-order valence-electron chi connectivity index (χ1n) is 18.4. The molecule has 0 amide bonds. The number of para-hydroxylation sites is 1. The number of aryl methyl sites for hydroxylation is 1. The largest absolute Gasteiger partial charge is 0.266 e. The highest BCUT2D eigenvalue weighted by atomic mass is 14.8. The van der Waals surface area contributed by atoms with Gasteiger partial charge >= 0.3 is 0 Å². The lowest BCUT2D eigenvalue weighted by Gasteiger charge is -2.19. The van der Waals surface area contributed by atoms with E-state index in [1.807, 2.05) is 0 Å². The topological polar surface area (TPSA) is 38.1 Å². The van der Waals surface area contributed by atoms with E-state index in [0.717, 1.165) is 71.7 Å². The third kappa shape index (κ3) is 6.11. The van der Waals surface area contributed by atoms with E-state index in [4.69, 9.17) is 15.0 Å². The number of benzene rings is 5. The molecule has 1 aliphatic rings. The van der Waals surface area contributed by atoms with Gasteiger partial charge in [-0.25, -0.2) is 9.97 Å². The smallest absolute Gasteiger partial charge is 0.0975 e. The summed E-state index contributed by atoms with van der Waals surface area (Å²) in [6.45, 7) is 10.8. The lowest BCUT2D eigenvalue weighted by atomic mass is 9.88. The van der Waals surface area contributed by atoms with E-state index >= 15 is 0 Å². The molecule has 0 radical (unpaired) electrons. The summed E-state index contributed by atoms with van der Waals surface area (Å²) in [6.07, 6.45) is 12.9. The van der Waals surface area contributed by atoms with Crippen molar-refractivity contribution in [1.29, 1.82) is 0 Å². The van der Waals surface area contributed by atoms with Crippen molar-refractivity contribution >= 4 is 60.5 Å². The normalized spacial score (nSPS) is 16.0. The van der Waals surface area contributed by atoms with Crippen LogP contribution in [0.1, 0.15) is 69.9 Å². The quantitative estimate of drug-likeness (QED) is 0.0838. The second-order valence-corrected chi connectivity index (χ2v) is 14.4. The number of hydrogen-bond acceptors (Lipinski definition) is 3. The highest BCUT2D eigenvalue weighted by Crippen LogP contribution is 2.36. The third-order valence-electron chi connectivity index (χ3n) is 10.9. The fourth-order valence-corrected chi connectivity index (χ4v) is 7.91. The highest BCUT2D eigenvalue weighted by molar-refractivity contribution is 6.11. The van der Waals surface area contributed by atoms with Crippen LogP contribution in [0.2, 0.25) is 0 Å². The molecule has 0 fully saturated rings. The molecule has 248 valence electrons. The minimum absolute atomic E-state index is 0.453. The molecule has 7 aromatic rings. The van der Waals surface area contributed by atoms with Gasteiger partial charge in [-0.15, -0.1) is 6.58 Å². The van der Waals surface area contributed by atoms with Crippen LogP contribution in [0.15, 0.2) is 126 Å². The standard InChI is InChI=1S/C47H45N3/c1-5-30(3)10-9-12-40-41-11-7-8-13-45(41)50-47-42(40)22-18-34-20-23-44(49-46(34)47)37-17-15-33-14-16-36-27-35(19-21-39(36)43(33)29-37)32(6-2)28-38-26-31(4)24-25-48-38/h5,7-8,11,13-23,25-27,29-32H,1,6,9-10,12,24,28H2,2-4H3/t30-,31+,32?/m0/s1. The minimum Gasteiger partial charge on any atom is -0.266 e. The van der Waals surface area contributed by atoms with Crippen molar-refractivity contribution < 1.29 is 0 Å². The predicted molar refractivity (Wildman–Crippen MR) is 215 cm³/mol. The van der Waals surface area contributed by atoms with Crippen LogP contribution in [-0.4, -0.2) is 16.2 Å². The van der Waals surface area contributed by atoms with Gasteiger partial charge in [0.1, 0.15) is 0 Å². The van der Waals surface area contributed by atoms with Gasteiger partial charge in [0.2, 0.25) is 0 Å². The molecule has 0 spiro atoms. The molecular weight excluding hydrogens is 607 g/mol. The van der Waals surface area contributed by atoms with E-state index in [1.165, 1.54) is 49.1 Å². The number of aliphatic imine (C=N–C) groups is 1. The molecule has 50 heavy (non-hydrogen) atoms. The SMILES string of the molecule is C=C[C@H](C)CCCc1c2ccccc2nc2c1ccc1ccc(-c3ccc4ccc5cc(C(CC)CC6=C[C@H](C)CC=N6)ccc5c4c3)nc12. The van der Waals surface area contributed by atoms with Gasteiger partial charge in [0, 0.05) is 33.6 Å². The number of allylic oxidation sites excluding steroid dienone is 3. The van der Waals surface area contributed by atoms with Crippen molar-refractivity contribution in [2.45, 2.75) is 65.2 Å². The Labute approximate surface area is 295 Å². The van der Waals surface area contributed by atoms with Crippen LogP contribution in [0, 0.1) is 11.8 Å². The van der Waals surface area contributed by atoms with Crippen LogP contribution in [0.3, 0.4) is 0 Å². The molecule has 3 atom stereocenters. The summed E-state index contributed by atoms with van der Waals surface area (Å²) in [5.41, 5.74) is 9.07. The van der Waals surface area contributed by atoms with Crippen molar-refractivity contribution in [1.82, 2.24) is 9.97 Å². The Bertz CT molecular complexity index is 2470. The summed E-state index contributed by atoms with van der Waals surface area (Å²) >= 11 is 0. The first-order chi connectivity index (χ1) is 24.5. The van der Waals surface area contributed by atoms with E-state index in [1.54, 1.807) is 0 Å². The van der Waals surface area contributed by atoms with E-state index < -0.39 is 0 Å². The van der Waals surface area contributed by atoms with Gasteiger partial charge in [-0.05, 0) is 107 Å². The number of hydrogen-bond donors (Lipinski definition) is 0. The lowest BCUT2D eigenvalue weighted by Crippen LogP contribution is -2.04. The highest BCUT2D eigenvalue weighted by Gasteiger charge is 2.17. The lowest BCUT2D eigenvalue weighted by molar-refractivity contribution is 0.609. The maximum absolute atomic E-state index is 5.35. The Balaban J connectivity index is 1.19. The zero-order valence-corrected chi connectivity index (χ0v) is 29.5. The molecule has 3 nitrogen and oxygen atoms in total. The number of pyridine rings is 2. The fourth-order valence-electron chi connectivity index (χ4n) is 7.91. The molecule has 0 saturated heterocycles. The summed E-state index contributed by atoms with van der Waals surface area (Å²) in [4.78, 5) is 15.3. The maximum atomic E-state index is 5.35. The first-order valence-corrected chi connectivity index (χ1v) is 18.4. The molecule has 0 N–H and O–H groups in total. The monoisotopic (exact) mass is 651 g/mol. The molecule has 3 heteroatoms. The van der Waals surface area contributed by atoms with Crippen LogP contribution in [0.5, 0.6) is 0 Å². The summed E-state index contributed by atoms with van der Waals surface area (Å²) in [7, 11) is 0. The van der Waals surface area contributed by atoms with E-state index in [9.17, 15) is 0 Å². The Morgan fingerprint density at radius 3 is 2.46 bits per heavy atom. The zero-order chi connectivity index (χ0) is 34.2. The number of nitrogens with zero attached hydrogens (tertiary/aromatic N) is 3. The Morgan fingerprint density at radius 1 is 0.800 bits per heavy atom. The number of aromatic nitrogens is 2. The van der Waals surface area contributed by atoms with Gasteiger partial charge in [0.15, 0.2) is 0 Å². The molecule has 3 heterocycles.